The third-order valence-electron chi connectivity index (χ3n) is 2.27. The van der Waals surface area contributed by atoms with Crippen molar-refractivity contribution in [3.8, 4) is 0 Å². The predicted molar refractivity (Wildman–Crippen MR) is 52.7 cm³/mol. The Balaban J connectivity index is 2.71. The molecule has 1 aromatic heterocycles. The minimum atomic E-state index is -3.21. The van der Waals surface area contributed by atoms with Crippen molar-refractivity contribution in [1.29, 1.82) is 0 Å². The van der Waals surface area contributed by atoms with Crippen LogP contribution in [0.25, 0.3) is 10.8 Å². The van der Waals surface area contributed by atoms with Gasteiger partial charge in [-0.15, -0.1) is 0 Å². The van der Waals surface area contributed by atoms with Gasteiger partial charge in [-0.3, -0.25) is 4.98 Å². The molecule has 0 fully saturated rings. The van der Waals surface area contributed by atoms with Gasteiger partial charge in [0, 0.05) is 23.3 Å². The molecule has 0 amide bonds. The van der Waals surface area contributed by atoms with E-state index in [4.69, 9.17) is 5.11 Å². The summed E-state index contributed by atoms with van der Waals surface area (Å²) in [5.74, 6) is -3.21. The molecule has 78 valence electrons. The molecular weight excluding hydrogens is 200 g/mol. The molecule has 0 aliphatic carbocycles. The van der Waals surface area contributed by atoms with Gasteiger partial charge >= 0.3 is 0 Å². The molecule has 0 spiro atoms. The molecular formula is C11H9F2NO. The molecule has 0 bridgehead atoms. The number of aromatic nitrogens is 1. The number of nitrogens with zero attached hydrogens (tertiary/aromatic N) is 1. The number of halogens is 2. The summed E-state index contributed by atoms with van der Waals surface area (Å²) in [5.41, 5.74) is -0.162. The van der Waals surface area contributed by atoms with Gasteiger partial charge < -0.3 is 5.11 Å². The molecule has 1 aromatic carbocycles. The normalized spacial score (nSPS) is 11.9. The van der Waals surface area contributed by atoms with Gasteiger partial charge in [0.25, 0.3) is 5.92 Å². The van der Waals surface area contributed by atoms with Gasteiger partial charge in [-0.05, 0) is 11.5 Å². The van der Waals surface area contributed by atoms with Gasteiger partial charge in [0.2, 0.25) is 0 Å². The molecule has 0 atom stereocenters. The average Bonchev–Trinajstić information content (AvgIpc) is 2.28. The molecule has 2 nitrogen and oxygen atoms in total. The van der Waals surface area contributed by atoms with E-state index in [0.717, 1.165) is 0 Å². The van der Waals surface area contributed by atoms with Crippen molar-refractivity contribution in [2.75, 3.05) is 6.61 Å². The maximum absolute atomic E-state index is 13.3. The van der Waals surface area contributed by atoms with Gasteiger partial charge in [-0.1, -0.05) is 18.2 Å². The number of benzene rings is 1. The molecule has 0 radical (unpaired) electrons. The fourth-order valence-electron chi connectivity index (χ4n) is 1.53. The first-order valence-electron chi connectivity index (χ1n) is 4.47. The van der Waals surface area contributed by atoms with Crippen molar-refractivity contribution in [1.82, 2.24) is 4.98 Å². The van der Waals surface area contributed by atoms with Crippen LogP contribution in [0.4, 0.5) is 8.78 Å². The summed E-state index contributed by atoms with van der Waals surface area (Å²) in [7, 11) is 0. The summed E-state index contributed by atoms with van der Waals surface area (Å²) in [4.78, 5) is 3.85. The third-order valence-corrected chi connectivity index (χ3v) is 2.27. The molecule has 2 aromatic rings. The van der Waals surface area contributed by atoms with E-state index in [1.165, 1.54) is 30.6 Å². The Labute approximate surface area is 85.2 Å². The Morgan fingerprint density at radius 1 is 1.27 bits per heavy atom. The second-order valence-corrected chi connectivity index (χ2v) is 3.26. The number of fused-ring (bicyclic) bond motifs is 1. The zero-order valence-corrected chi connectivity index (χ0v) is 7.82. The molecule has 0 aliphatic rings. The zero-order chi connectivity index (χ0) is 10.9. The first-order chi connectivity index (χ1) is 7.15. The fourth-order valence-corrected chi connectivity index (χ4v) is 1.53. The van der Waals surface area contributed by atoms with Crippen LogP contribution in [-0.2, 0) is 5.92 Å². The Hall–Kier alpha value is -1.55. The monoisotopic (exact) mass is 209 g/mol. The van der Waals surface area contributed by atoms with E-state index >= 15 is 0 Å². The topological polar surface area (TPSA) is 33.1 Å². The number of aliphatic hydroxyl groups excluding tert-OH is 1. The summed E-state index contributed by atoms with van der Waals surface area (Å²) in [6, 6.07) is 6.08. The molecule has 4 heteroatoms. The Kier molecular flexibility index (Phi) is 2.36. The highest BCUT2D eigenvalue weighted by molar-refractivity contribution is 5.85. The van der Waals surface area contributed by atoms with Crippen molar-refractivity contribution in [2.24, 2.45) is 0 Å². The maximum atomic E-state index is 13.3. The number of rotatable bonds is 2. The van der Waals surface area contributed by atoms with E-state index in [9.17, 15) is 8.78 Å². The lowest BCUT2D eigenvalue weighted by Crippen LogP contribution is -2.18. The number of alkyl halides is 2. The zero-order valence-electron chi connectivity index (χ0n) is 7.82. The van der Waals surface area contributed by atoms with Gasteiger partial charge in [0.15, 0.2) is 0 Å². The fraction of sp³-hybridized carbons (Fsp3) is 0.182. The van der Waals surface area contributed by atoms with Crippen molar-refractivity contribution < 1.29 is 13.9 Å². The van der Waals surface area contributed by atoms with Crippen LogP contribution in [0.5, 0.6) is 0 Å². The Bertz CT molecular complexity index is 479. The van der Waals surface area contributed by atoms with Gasteiger partial charge in [0.1, 0.15) is 6.61 Å². The average molecular weight is 209 g/mol. The standard InChI is InChI=1S/C11H9F2NO/c12-11(13,7-15)10-3-1-2-8-6-14-5-4-9(8)10/h1-6,15H,7H2. The summed E-state index contributed by atoms with van der Waals surface area (Å²) < 4.78 is 26.7. The molecule has 0 saturated heterocycles. The molecule has 1 N–H and O–H groups in total. The van der Waals surface area contributed by atoms with Crippen LogP contribution in [0, 0.1) is 0 Å². The van der Waals surface area contributed by atoms with Crippen LogP contribution < -0.4 is 0 Å². The van der Waals surface area contributed by atoms with E-state index in [-0.39, 0.29) is 5.56 Å². The first kappa shape index (κ1) is 9.98. The van der Waals surface area contributed by atoms with E-state index in [1.807, 2.05) is 0 Å². The molecule has 0 unspecified atom stereocenters. The summed E-state index contributed by atoms with van der Waals surface area (Å²) in [6.07, 6.45) is 2.98. The van der Waals surface area contributed by atoms with E-state index < -0.39 is 12.5 Å². The lowest BCUT2D eigenvalue weighted by Gasteiger charge is -2.15. The SMILES string of the molecule is OCC(F)(F)c1cccc2cnccc12. The maximum Gasteiger partial charge on any atom is 0.296 e. The van der Waals surface area contributed by atoms with E-state index in [0.29, 0.717) is 10.8 Å². The minimum Gasteiger partial charge on any atom is -0.390 e. The first-order valence-corrected chi connectivity index (χ1v) is 4.47. The van der Waals surface area contributed by atoms with Gasteiger partial charge in [-0.25, -0.2) is 0 Å². The smallest absolute Gasteiger partial charge is 0.296 e. The van der Waals surface area contributed by atoms with E-state index in [2.05, 4.69) is 4.98 Å². The van der Waals surface area contributed by atoms with Gasteiger partial charge in [-0.2, -0.15) is 8.78 Å². The van der Waals surface area contributed by atoms with E-state index in [1.54, 1.807) is 6.07 Å². The molecule has 0 aliphatic heterocycles. The van der Waals surface area contributed by atoms with Crippen molar-refractivity contribution in [2.45, 2.75) is 5.92 Å². The van der Waals surface area contributed by atoms with Crippen LogP contribution in [0.2, 0.25) is 0 Å². The largest absolute Gasteiger partial charge is 0.390 e. The summed E-state index contributed by atoms with van der Waals surface area (Å²) >= 11 is 0. The van der Waals surface area contributed by atoms with Crippen LogP contribution in [0.3, 0.4) is 0 Å². The Morgan fingerprint density at radius 2 is 2.07 bits per heavy atom. The highest BCUT2D eigenvalue weighted by atomic mass is 19.3. The third kappa shape index (κ3) is 1.68. The van der Waals surface area contributed by atoms with Crippen LogP contribution in [0.15, 0.2) is 36.7 Å². The number of aliphatic hydroxyl groups is 1. The number of hydrogen-bond acceptors (Lipinski definition) is 2. The lowest BCUT2D eigenvalue weighted by molar-refractivity contribution is -0.0543. The molecule has 0 saturated carbocycles. The second kappa shape index (κ2) is 3.55. The van der Waals surface area contributed by atoms with Crippen molar-refractivity contribution in [3.63, 3.8) is 0 Å². The number of hydrogen-bond donors (Lipinski definition) is 1. The van der Waals surface area contributed by atoms with Crippen molar-refractivity contribution in [3.05, 3.63) is 42.2 Å². The Morgan fingerprint density at radius 3 is 2.80 bits per heavy atom. The molecule has 1 heterocycles. The van der Waals surface area contributed by atoms with Crippen LogP contribution in [0.1, 0.15) is 5.56 Å². The second-order valence-electron chi connectivity index (χ2n) is 3.26. The summed E-state index contributed by atoms with van der Waals surface area (Å²) in [6.45, 7) is -1.19. The van der Waals surface area contributed by atoms with Crippen molar-refractivity contribution >= 4 is 10.8 Å². The van der Waals surface area contributed by atoms with Crippen LogP contribution >= 0.6 is 0 Å². The predicted octanol–water partition coefficient (Wildman–Crippen LogP) is 2.32. The molecule has 15 heavy (non-hydrogen) atoms. The quantitative estimate of drug-likeness (QED) is 0.823. The highest BCUT2D eigenvalue weighted by Crippen LogP contribution is 2.32. The molecule has 2 rings (SSSR count). The number of pyridine rings is 1. The highest BCUT2D eigenvalue weighted by Gasteiger charge is 2.31. The summed E-state index contributed by atoms with van der Waals surface area (Å²) in [5, 5.41) is 9.71. The lowest BCUT2D eigenvalue weighted by atomic mass is 10.0. The van der Waals surface area contributed by atoms with Crippen LogP contribution in [-0.4, -0.2) is 16.7 Å². The minimum absolute atomic E-state index is 0.162. The van der Waals surface area contributed by atoms with Gasteiger partial charge in [0.05, 0.1) is 0 Å².